The fourth-order valence-corrected chi connectivity index (χ4v) is 3.40. The Labute approximate surface area is 214 Å². The summed E-state index contributed by atoms with van der Waals surface area (Å²) in [6.07, 6.45) is 1.39. The van der Waals surface area contributed by atoms with Gasteiger partial charge in [-0.2, -0.15) is 5.26 Å². The molecule has 184 valence electrons. The number of aryl methyl sites for hydroxylation is 1. The zero-order valence-corrected chi connectivity index (χ0v) is 20.7. The number of halogens is 1. The Bertz CT molecular complexity index is 1310. The van der Waals surface area contributed by atoms with E-state index in [-0.39, 0.29) is 28.7 Å². The van der Waals surface area contributed by atoms with Crippen LogP contribution < -0.4 is 24.8 Å². The molecule has 3 aromatic carbocycles. The van der Waals surface area contributed by atoms with Gasteiger partial charge < -0.3 is 24.8 Å². The van der Waals surface area contributed by atoms with E-state index in [0.29, 0.717) is 22.7 Å². The van der Waals surface area contributed by atoms with Crippen molar-refractivity contribution in [2.45, 2.75) is 6.92 Å². The highest BCUT2D eigenvalue weighted by atomic mass is 35.5. The van der Waals surface area contributed by atoms with Gasteiger partial charge in [-0.05, 0) is 67.1 Å². The van der Waals surface area contributed by atoms with E-state index in [1.54, 1.807) is 49.6 Å². The summed E-state index contributed by atoms with van der Waals surface area (Å²) in [4.78, 5) is 24.9. The quantitative estimate of drug-likeness (QED) is 0.304. The number of nitriles is 1. The van der Waals surface area contributed by atoms with Crippen LogP contribution in [0, 0.1) is 18.3 Å². The molecule has 36 heavy (non-hydrogen) atoms. The molecule has 0 aliphatic carbocycles. The smallest absolute Gasteiger partial charge is 0.266 e. The topological polar surface area (TPSA) is 110 Å². The normalized spacial score (nSPS) is 10.7. The Morgan fingerprint density at radius 3 is 2.22 bits per heavy atom. The molecule has 0 aliphatic heterocycles. The highest BCUT2D eigenvalue weighted by molar-refractivity contribution is 6.32. The molecule has 0 fully saturated rings. The van der Waals surface area contributed by atoms with Gasteiger partial charge in [0.1, 0.15) is 17.4 Å². The first-order valence-electron chi connectivity index (χ1n) is 10.8. The van der Waals surface area contributed by atoms with Crippen molar-refractivity contribution in [1.29, 1.82) is 5.26 Å². The minimum absolute atomic E-state index is 0.124. The van der Waals surface area contributed by atoms with Crippen LogP contribution >= 0.6 is 11.6 Å². The molecule has 0 heterocycles. The fraction of sp³-hybridized carbons (Fsp3) is 0.148. The molecule has 3 rings (SSSR count). The van der Waals surface area contributed by atoms with E-state index in [2.05, 4.69) is 10.6 Å². The number of amides is 2. The predicted molar refractivity (Wildman–Crippen MR) is 139 cm³/mol. The summed E-state index contributed by atoms with van der Waals surface area (Å²) in [6.45, 7) is 1.61. The van der Waals surface area contributed by atoms with Crippen LogP contribution in [0.2, 0.25) is 5.02 Å². The van der Waals surface area contributed by atoms with Gasteiger partial charge >= 0.3 is 0 Å². The number of methoxy groups -OCH3 is 2. The summed E-state index contributed by atoms with van der Waals surface area (Å²) in [7, 11) is 2.97. The molecule has 0 radical (unpaired) electrons. The second kappa shape index (κ2) is 12.3. The van der Waals surface area contributed by atoms with Crippen LogP contribution in [0.3, 0.4) is 0 Å². The number of carbonyl (C=O) groups is 2. The second-order valence-corrected chi connectivity index (χ2v) is 8.00. The van der Waals surface area contributed by atoms with E-state index in [4.69, 9.17) is 25.8 Å². The third-order valence-electron chi connectivity index (χ3n) is 4.96. The Morgan fingerprint density at radius 2 is 1.61 bits per heavy atom. The first-order valence-corrected chi connectivity index (χ1v) is 11.1. The SMILES string of the molecule is COc1ccc(NC(=O)COc2c(Cl)cc(/C=C(/C#N)C(=O)Nc3ccc(C)cc3)cc2OC)cc1. The maximum absolute atomic E-state index is 12.6. The van der Waals surface area contributed by atoms with E-state index in [0.717, 1.165) is 5.56 Å². The van der Waals surface area contributed by atoms with Crippen molar-refractivity contribution in [2.24, 2.45) is 0 Å². The Balaban J connectivity index is 1.71. The summed E-state index contributed by atoms with van der Waals surface area (Å²) >= 11 is 6.38. The standard InChI is InChI=1S/C27H24ClN3O5/c1-17-4-6-21(7-5-17)31-27(33)19(15-29)12-18-13-23(28)26(24(14-18)35-3)36-16-25(32)30-20-8-10-22(34-2)11-9-20/h4-14H,16H2,1-3H3,(H,30,32)(H,31,33)/b19-12-. The summed E-state index contributed by atoms with van der Waals surface area (Å²) in [6, 6.07) is 19.0. The molecule has 0 saturated carbocycles. The lowest BCUT2D eigenvalue weighted by atomic mass is 10.1. The molecule has 2 amide bonds. The number of hydrogen-bond acceptors (Lipinski definition) is 6. The Morgan fingerprint density at radius 1 is 0.972 bits per heavy atom. The van der Waals surface area contributed by atoms with Crippen molar-refractivity contribution in [2.75, 3.05) is 31.5 Å². The minimum atomic E-state index is -0.563. The van der Waals surface area contributed by atoms with Gasteiger partial charge in [0.25, 0.3) is 11.8 Å². The number of ether oxygens (including phenoxy) is 3. The van der Waals surface area contributed by atoms with Crippen LogP contribution in [-0.2, 0) is 9.59 Å². The number of rotatable bonds is 9. The van der Waals surface area contributed by atoms with Crippen molar-refractivity contribution in [3.05, 3.63) is 82.4 Å². The molecular formula is C27H24ClN3O5. The summed E-state index contributed by atoms with van der Waals surface area (Å²) in [5, 5.41) is 15.0. The van der Waals surface area contributed by atoms with Crippen LogP contribution in [-0.4, -0.2) is 32.6 Å². The van der Waals surface area contributed by atoms with Crippen LogP contribution in [0.15, 0.2) is 66.2 Å². The van der Waals surface area contributed by atoms with E-state index >= 15 is 0 Å². The molecular weight excluding hydrogens is 482 g/mol. The molecule has 2 N–H and O–H groups in total. The number of hydrogen-bond donors (Lipinski definition) is 2. The van der Waals surface area contributed by atoms with Gasteiger partial charge in [0.05, 0.1) is 19.2 Å². The van der Waals surface area contributed by atoms with Gasteiger partial charge in [0, 0.05) is 11.4 Å². The van der Waals surface area contributed by atoms with E-state index in [1.807, 2.05) is 25.1 Å². The van der Waals surface area contributed by atoms with Gasteiger partial charge in [-0.1, -0.05) is 29.3 Å². The van der Waals surface area contributed by atoms with E-state index in [1.165, 1.54) is 19.3 Å². The van der Waals surface area contributed by atoms with Gasteiger partial charge in [-0.3, -0.25) is 9.59 Å². The van der Waals surface area contributed by atoms with Gasteiger partial charge in [-0.15, -0.1) is 0 Å². The minimum Gasteiger partial charge on any atom is -0.497 e. The average molecular weight is 506 g/mol. The Kier molecular flexibility index (Phi) is 8.92. The predicted octanol–water partition coefficient (Wildman–Crippen LogP) is 5.23. The summed E-state index contributed by atoms with van der Waals surface area (Å²) in [5.41, 5.74) is 2.52. The van der Waals surface area contributed by atoms with Crippen molar-refractivity contribution in [3.63, 3.8) is 0 Å². The first kappa shape index (κ1) is 26.1. The molecule has 9 heteroatoms. The maximum Gasteiger partial charge on any atom is 0.266 e. The lowest BCUT2D eigenvalue weighted by Gasteiger charge is -2.14. The van der Waals surface area contributed by atoms with Crippen LogP contribution in [0.25, 0.3) is 6.08 Å². The van der Waals surface area contributed by atoms with Crippen molar-refractivity contribution in [1.82, 2.24) is 0 Å². The van der Waals surface area contributed by atoms with Crippen molar-refractivity contribution >= 4 is 40.9 Å². The van der Waals surface area contributed by atoms with Crippen LogP contribution in [0.5, 0.6) is 17.2 Å². The molecule has 8 nitrogen and oxygen atoms in total. The summed E-state index contributed by atoms with van der Waals surface area (Å²) < 4.78 is 16.1. The third-order valence-corrected chi connectivity index (χ3v) is 5.24. The number of carbonyl (C=O) groups excluding carboxylic acids is 2. The molecule has 0 bridgehead atoms. The molecule has 0 aliphatic rings. The van der Waals surface area contributed by atoms with Gasteiger partial charge in [-0.25, -0.2) is 0 Å². The molecule has 0 spiro atoms. The fourth-order valence-electron chi connectivity index (χ4n) is 3.12. The van der Waals surface area contributed by atoms with Gasteiger partial charge in [0.2, 0.25) is 0 Å². The lowest BCUT2D eigenvalue weighted by molar-refractivity contribution is -0.118. The molecule has 0 unspecified atom stereocenters. The molecule has 0 aromatic heterocycles. The van der Waals surface area contributed by atoms with Crippen LogP contribution in [0.4, 0.5) is 11.4 Å². The number of anilines is 2. The maximum atomic E-state index is 12.6. The van der Waals surface area contributed by atoms with E-state index in [9.17, 15) is 14.9 Å². The molecule has 3 aromatic rings. The highest BCUT2D eigenvalue weighted by Crippen LogP contribution is 2.37. The van der Waals surface area contributed by atoms with Crippen molar-refractivity contribution in [3.8, 4) is 23.3 Å². The molecule has 0 atom stereocenters. The zero-order valence-electron chi connectivity index (χ0n) is 19.9. The number of nitrogens with one attached hydrogen (secondary N) is 2. The zero-order chi connectivity index (χ0) is 26.1. The van der Waals surface area contributed by atoms with Gasteiger partial charge in [0.15, 0.2) is 18.1 Å². The average Bonchev–Trinajstić information content (AvgIpc) is 2.88. The largest absolute Gasteiger partial charge is 0.497 e. The Hall–Kier alpha value is -4.48. The number of nitrogens with zero attached hydrogens (tertiary/aromatic N) is 1. The number of benzene rings is 3. The first-order chi connectivity index (χ1) is 17.3. The van der Waals surface area contributed by atoms with Crippen molar-refractivity contribution < 1.29 is 23.8 Å². The second-order valence-electron chi connectivity index (χ2n) is 7.59. The lowest BCUT2D eigenvalue weighted by Crippen LogP contribution is -2.20. The van der Waals surface area contributed by atoms with E-state index < -0.39 is 11.8 Å². The van der Waals surface area contributed by atoms with Crippen LogP contribution in [0.1, 0.15) is 11.1 Å². The highest BCUT2D eigenvalue weighted by Gasteiger charge is 2.16. The monoisotopic (exact) mass is 505 g/mol. The summed E-state index contributed by atoms with van der Waals surface area (Å²) in [5.74, 6) is 0.0990. The molecule has 0 saturated heterocycles. The third kappa shape index (κ3) is 7.01.